The SMILES string of the molecule is CC(C)(C)c1ccc(/C=N/NC(=O)CCc2ccc(S(=O)(=O)N3CCOCC3)cc2)cc1. The molecule has 0 aromatic heterocycles. The fraction of sp³-hybridized carbons (Fsp3) is 0.417. The van der Waals surface area contributed by atoms with Gasteiger partial charge in [-0.05, 0) is 40.7 Å². The molecule has 3 rings (SSSR count). The number of aryl methyl sites for hydroxylation is 1. The summed E-state index contributed by atoms with van der Waals surface area (Å²) in [5.41, 5.74) is 5.68. The number of ether oxygens (including phenoxy) is 1. The monoisotopic (exact) mass is 457 g/mol. The Balaban J connectivity index is 1.48. The normalized spacial score (nSPS) is 15.7. The summed E-state index contributed by atoms with van der Waals surface area (Å²) in [5.74, 6) is -0.197. The van der Waals surface area contributed by atoms with Gasteiger partial charge in [-0.2, -0.15) is 9.41 Å². The first-order chi connectivity index (χ1) is 15.2. The molecule has 0 unspecified atom stereocenters. The molecule has 1 fully saturated rings. The van der Waals surface area contributed by atoms with E-state index in [-0.39, 0.29) is 22.6 Å². The van der Waals surface area contributed by atoms with Gasteiger partial charge in [0, 0.05) is 19.5 Å². The molecule has 0 aliphatic carbocycles. The van der Waals surface area contributed by atoms with Crippen molar-refractivity contribution in [1.82, 2.24) is 9.73 Å². The van der Waals surface area contributed by atoms with Gasteiger partial charge in [0.25, 0.3) is 0 Å². The molecular weight excluding hydrogens is 426 g/mol. The van der Waals surface area contributed by atoms with Crippen molar-refractivity contribution in [2.75, 3.05) is 26.3 Å². The molecule has 1 heterocycles. The third-order valence-corrected chi connectivity index (χ3v) is 7.26. The summed E-state index contributed by atoms with van der Waals surface area (Å²) in [6, 6.07) is 14.8. The summed E-state index contributed by atoms with van der Waals surface area (Å²) < 4.78 is 32.0. The molecule has 0 bridgehead atoms. The van der Waals surface area contributed by atoms with E-state index < -0.39 is 10.0 Å². The van der Waals surface area contributed by atoms with Gasteiger partial charge in [-0.1, -0.05) is 57.2 Å². The van der Waals surface area contributed by atoms with E-state index in [1.165, 1.54) is 9.87 Å². The molecule has 172 valence electrons. The van der Waals surface area contributed by atoms with Crippen LogP contribution in [-0.4, -0.2) is 51.1 Å². The Bertz CT molecular complexity index is 1030. The van der Waals surface area contributed by atoms with Crippen LogP contribution in [0.5, 0.6) is 0 Å². The summed E-state index contributed by atoms with van der Waals surface area (Å²) in [4.78, 5) is 12.3. The number of hydrazone groups is 1. The summed E-state index contributed by atoms with van der Waals surface area (Å²) in [7, 11) is -3.50. The summed E-state index contributed by atoms with van der Waals surface area (Å²) >= 11 is 0. The average Bonchev–Trinajstić information content (AvgIpc) is 2.78. The van der Waals surface area contributed by atoms with E-state index in [1.54, 1.807) is 30.5 Å². The quantitative estimate of drug-likeness (QED) is 0.511. The predicted octanol–water partition coefficient (Wildman–Crippen LogP) is 3.09. The Hall–Kier alpha value is -2.55. The van der Waals surface area contributed by atoms with Crippen LogP contribution in [0.2, 0.25) is 0 Å². The van der Waals surface area contributed by atoms with Crippen LogP contribution in [0.15, 0.2) is 58.5 Å². The highest BCUT2D eigenvalue weighted by Gasteiger charge is 2.26. The van der Waals surface area contributed by atoms with Gasteiger partial charge >= 0.3 is 0 Å². The van der Waals surface area contributed by atoms with Gasteiger partial charge in [0.2, 0.25) is 15.9 Å². The van der Waals surface area contributed by atoms with E-state index in [1.807, 2.05) is 12.1 Å². The fourth-order valence-electron chi connectivity index (χ4n) is 3.33. The zero-order valence-corrected chi connectivity index (χ0v) is 19.7. The number of hydrogen-bond donors (Lipinski definition) is 1. The topological polar surface area (TPSA) is 88.1 Å². The van der Waals surface area contributed by atoms with Gasteiger partial charge < -0.3 is 4.74 Å². The molecule has 1 saturated heterocycles. The van der Waals surface area contributed by atoms with Crippen LogP contribution in [0.1, 0.15) is 43.9 Å². The van der Waals surface area contributed by atoms with E-state index in [0.717, 1.165) is 11.1 Å². The highest BCUT2D eigenvalue weighted by Crippen LogP contribution is 2.22. The minimum absolute atomic E-state index is 0.0920. The molecule has 0 saturated carbocycles. The van der Waals surface area contributed by atoms with Crippen molar-refractivity contribution >= 4 is 22.1 Å². The summed E-state index contributed by atoms with van der Waals surface area (Å²) in [5, 5.41) is 4.02. The van der Waals surface area contributed by atoms with Crippen molar-refractivity contribution < 1.29 is 17.9 Å². The molecule has 0 atom stereocenters. The first-order valence-corrected chi connectivity index (χ1v) is 12.2. The minimum Gasteiger partial charge on any atom is -0.379 e. The predicted molar refractivity (Wildman–Crippen MR) is 125 cm³/mol. The molecule has 1 N–H and O–H groups in total. The fourth-order valence-corrected chi connectivity index (χ4v) is 4.73. The van der Waals surface area contributed by atoms with Gasteiger partial charge in [0.15, 0.2) is 0 Å². The third kappa shape index (κ3) is 6.48. The first kappa shape index (κ1) is 24.1. The number of nitrogens with zero attached hydrogens (tertiary/aromatic N) is 2. The zero-order valence-electron chi connectivity index (χ0n) is 18.9. The molecule has 8 heteroatoms. The smallest absolute Gasteiger partial charge is 0.243 e. The van der Waals surface area contributed by atoms with Crippen LogP contribution in [0.25, 0.3) is 0 Å². The molecule has 1 amide bonds. The molecule has 1 aliphatic rings. The molecule has 7 nitrogen and oxygen atoms in total. The molecule has 0 radical (unpaired) electrons. The Labute approximate surface area is 190 Å². The average molecular weight is 458 g/mol. The minimum atomic E-state index is -3.50. The van der Waals surface area contributed by atoms with Gasteiger partial charge in [-0.15, -0.1) is 0 Å². The maximum absolute atomic E-state index is 12.7. The van der Waals surface area contributed by atoms with Gasteiger partial charge in [0.1, 0.15) is 0 Å². The van der Waals surface area contributed by atoms with Crippen LogP contribution < -0.4 is 5.43 Å². The van der Waals surface area contributed by atoms with Crippen LogP contribution in [0.4, 0.5) is 0 Å². The second kappa shape index (κ2) is 10.4. The van der Waals surface area contributed by atoms with Crippen LogP contribution in [0.3, 0.4) is 0 Å². The molecule has 32 heavy (non-hydrogen) atoms. The Kier molecular flexibility index (Phi) is 7.82. The molecule has 1 aliphatic heterocycles. The number of benzene rings is 2. The second-order valence-electron chi connectivity index (χ2n) is 8.83. The number of carbonyl (C=O) groups excluding carboxylic acids is 1. The lowest BCUT2D eigenvalue weighted by Gasteiger charge is -2.26. The van der Waals surface area contributed by atoms with Gasteiger partial charge in [0.05, 0.1) is 24.3 Å². The Morgan fingerprint density at radius 1 is 1.06 bits per heavy atom. The van der Waals surface area contributed by atoms with E-state index in [0.29, 0.717) is 32.7 Å². The van der Waals surface area contributed by atoms with Crippen LogP contribution >= 0.6 is 0 Å². The highest BCUT2D eigenvalue weighted by molar-refractivity contribution is 7.89. The number of rotatable bonds is 7. The van der Waals surface area contributed by atoms with Crippen LogP contribution in [0, 0.1) is 0 Å². The Morgan fingerprint density at radius 3 is 2.28 bits per heavy atom. The van der Waals surface area contributed by atoms with Crippen molar-refractivity contribution in [3.63, 3.8) is 0 Å². The molecular formula is C24H31N3O4S. The van der Waals surface area contributed by atoms with Crippen molar-refractivity contribution in [3.05, 3.63) is 65.2 Å². The summed E-state index contributed by atoms with van der Waals surface area (Å²) in [6.07, 6.45) is 2.38. The van der Waals surface area contributed by atoms with Gasteiger partial charge in [-0.25, -0.2) is 13.8 Å². The number of hydrogen-bond acceptors (Lipinski definition) is 5. The second-order valence-corrected chi connectivity index (χ2v) is 10.8. The number of amides is 1. The maximum atomic E-state index is 12.7. The lowest BCUT2D eigenvalue weighted by molar-refractivity contribution is -0.121. The third-order valence-electron chi connectivity index (χ3n) is 5.35. The largest absolute Gasteiger partial charge is 0.379 e. The standard InChI is InChI=1S/C24H31N3O4S/c1-24(2,3)21-9-4-20(5-10-21)18-25-26-23(28)13-8-19-6-11-22(12-7-19)32(29,30)27-14-16-31-17-15-27/h4-7,9-12,18H,8,13-17H2,1-3H3,(H,26,28)/b25-18+. The molecule has 2 aromatic rings. The number of nitrogens with one attached hydrogen (secondary N) is 1. The van der Waals surface area contributed by atoms with E-state index >= 15 is 0 Å². The Morgan fingerprint density at radius 2 is 1.69 bits per heavy atom. The number of sulfonamides is 1. The first-order valence-electron chi connectivity index (χ1n) is 10.8. The maximum Gasteiger partial charge on any atom is 0.243 e. The van der Waals surface area contributed by atoms with E-state index in [4.69, 9.17) is 4.74 Å². The zero-order chi connectivity index (χ0) is 23.2. The summed E-state index contributed by atoms with van der Waals surface area (Å²) in [6.45, 7) is 8.04. The van der Waals surface area contributed by atoms with Crippen molar-refractivity contribution in [2.45, 2.75) is 43.9 Å². The van der Waals surface area contributed by atoms with E-state index in [9.17, 15) is 13.2 Å². The van der Waals surface area contributed by atoms with Crippen molar-refractivity contribution in [1.29, 1.82) is 0 Å². The number of morpholine rings is 1. The van der Waals surface area contributed by atoms with Crippen molar-refractivity contribution in [2.24, 2.45) is 5.10 Å². The molecule has 2 aromatic carbocycles. The van der Waals surface area contributed by atoms with E-state index in [2.05, 4.69) is 43.4 Å². The highest BCUT2D eigenvalue weighted by atomic mass is 32.2. The molecule has 0 spiro atoms. The van der Waals surface area contributed by atoms with Crippen LogP contribution in [-0.2, 0) is 31.4 Å². The van der Waals surface area contributed by atoms with Gasteiger partial charge in [-0.3, -0.25) is 4.79 Å². The number of carbonyl (C=O) groups is 1. The lowest BCUT2D eigenvalue weighted by atomic mass is 9.87. The lowest BCUT2D eigenvalue weighted by Crippen LogP contribution is -2.40. The van der Waals surface area contributed by atoms with Crippen molar-refractivity contribution in [3.8, 4) is 0 Å².